The summed E-state index contributed by atoms with van der Waals surface area (Å²) >= 11 is 0. The Kier molecular flexibility index (Phi) is 5.80. The maximum Gasteiger partial charge on any atom is 0.238 e. The number of ketones is 1. The zero-order valence-corrected chi connectivity index (χ0v) is 19.9. The molecular formula is C27H30N4O3. The van der Waals surface area contributed by atoms with E-state index in [9.17, 15) is 9.59 Å². The Morgan fingerprint density at radius 1 is 1.06 bits per heavy atom. The summed E-state index contributed by atoms with van der Waals surface area (Å²) in [4.78, 5) is 33.4. The van der Waals surface area contributed by atoms with Crippen LogP contribution >= 0.6 is 0 Å². The van der Waals surface area contributed by atoms with Crippen molar-refractivity contribution < 1.29 is 14.1 Å². The lowest BCUT2D eigenvalue weighted by molar-refractivity contribution is -0.117. The molecule has 0 bridgehead atoms. The highest BCUT2D eigenvalue weighted by Gasteiger charge is 2.30. The van der Waals surface area contributed by atoms with Crippen molar-refractivity contribution >= 4 is 17.5 Å². The fraction of sp³-hybridized carbons (Fsp3) is 0.444. The van der Waals surface area contributed by atoms with Crippen molar-refractivity contribution in [3.8, 4) is 11.1 Å². The Hall–Kier alpha value is -3.35. The van der Waals surface area contributed by atoms with Crippen LogP contribution in [0.1, 0.15) is 86.4 Å². The van der Waals surface area contributed by atoms with Crippen LogP contribution in [0.15, 0.2) is 41.1 Å². The summed E-state index contributed by atoms with van der Waals surface area (Å²) in [7, 11) is 0. The first-order chi connectivity index (χ1) is 16.3. The third-order valence-electron chi connectivity index (χ3n) is 6.39. The molecule has 7 nitrogen and oxygen atoms in total. The minimum atomic E-state index is -0.284. The third-order valence-corrected chi connectivity index (χ3v) is 6.39. The molecule has 1 N–H and O–H groups in total. The van der Waals surface area contributed by atoms with Crippen LogP contribution in [0.5, 0.6) is 0 Å². The number of anilines is 1. The van der Waals surface area contributed by atoms with Crippen molar-refractivity contribution in [3.05, 3.63) is 59.4 Å². The highest BCUT2D eigenvalue weighted by atomic mass is 16.5. The molecule has 0 spiro atoms. The second-order valence-electron chi connectivity index (χ2n) is 10.5. The number of hydrogen-bond acceptors (Lipinski definition) is 6. The number of hydrogen-bond donors (Lipinski definition) is 1. The summed E-state index contributed by atoms with van der Waals surface area (Å²) in [5.74, 6) is 1.86. The number of carbonyl (C=O) groups excluding carboxylic acids is 2. The number of nitrogens with one attached hydrogen (secondary N) is 1. The van der Waals surface area contributed by atoms with Crippen molar-refractivity contribution in [3.63, 3.8) is 0 Å². The number of amides is 1. The van der Waals surface area contributed by atoms with Crippen molar-refractivity contribution in [2.45, 2.75) is 70.6 Å². The quantitative estimate of drug-likeness (QED) is 0.450. The Bertz CT molecular complexity index is 1230. The molecular weight excluding hydrogens is 428 g/mol. The van der Waals surface area contributed by atoms with Gasteiger partial charge in [0, 0.05) is 24.0 Å². The van der Waals surface area contributed by atoms with Gasteiger partial charge in [-0.05, 0) is 72.4 Å². The Morgan fingerprint density at radius 2 is 1.82 bits per heavy atom. The summed E-state index contributed by atoms with van der Waals surface area (Å²) in [6.45, 7) is 5.93. The van der Waals surface area contributed by atoms with Gasteiger partial charge in [-0.2, -0.15) is 4.98 Å². The second-order valence-corrected chi connectivity index (χ2v) is 10.5. The largest absolute Gasteiger partial charge is 0.338 e. The van der Waals surface area contributed by atoms with Gasteiger partial charge < -0.3 is 9.84 Å². The monoisotopic (exact) mass is 458 g/mol. The molecule has 0 unspecified atom stereocenters. The van der Waals surface area contributed by atoms with Gasteiger partial charge in [0.05, 0.1) is 0 Å². The number of aryl methyl sites for hydroxylation is 1. The average molecular weight is 459 g/mol. The molecule has 34 heavy (non-hydrogen) atoms. The number of Topliss-reactive ketones (excluding diaryl/α,β-unsaturated/α-hetero) is 1. The van der Waals surface area contributed by atoms with Crippen LogP contribution in [-0.4, -0.2) is 26.8 Å². The molecule has 0 aliphatic heterocycles. The van der Waals surface area contributed by atoms with Crippen LogP contribution in [0.3, 0.4) is 0 Å². The molecule has 2 saturated carbocycles. The van der Waals surface area contributed by atoms with Crippen LogP contribution in [0.25, 0.3) is 11.1 Å². The molecule has 2 aliphatic rings. The van der Waals surface area contributed by atoms with E-state index in [-0.39, 0.29) is 28.8 Å². The highest BCUT2D eigenvalue weighted by Crippen LogP contribution is 2.43. The van der Waals surface area contributed by atoms with Crippen molar-refractivity contribution in [1.82, 2.24) is 15.1 Å². The topological polar surface area (TPSA) is 98.0 Å². The Morgan fingerprint density at radius 3 is 2.50 bits per heavy atom. The molecule has 5 rings (SSSR count). The van der Waals surface area contributed by atoms with Crippen molar-refractivity contribution in [2.24, 2.45) is 5.92 Å². The van der Waals surface area contributed by atoms with E-state index < -0.39 is 0 Å². The summed E-state index contributed by atoms with van der Waals surface area (Å²) in [6.07, 6.45) is 6.98. The smallest absolute Gasteiger partial charge is 0.238 e. The number of aromatic nitrogens is 3. The summed E-state index contributed by atoms with van der Waals surface area (Å²) < 4.78 is 5.28. The molecule has 2 aliphatic carbocycles. The predicted octanol–water partition coefficient (Wildman–Crippen LogP) is 5.47. The van der Waals surface area contributed by atoms with Gasteiger partial charge in [0.2, 0.25) is 23.4 Å². The molecule has 1 aromatic carbocycles. The Balaban J connectivity index is 1.31. The Labute approximate surface area is 199 Å². The van der Waals surface area contributed by atoms with Gasteiger partial charge in [-0.3, -0.25) is 9.59 Å². The summed E-state index contributed by atoms with van der Waals surface area (Å²) in [5, 5.41) is 6.82. The minimum Gasteiger partial charge on any atom is -0.338 e. The standard InChI is InChI=1S/C27H30N4O3/c1-27(2,3)26-30-24(31-34-26)22(32)11-10-17-6-9-19(14-21(17)16-4-5-16)20-12-13-28-23(15-20)29-25(33)18-7-8-18/h6,9,12-16,18H,4-5,7-8,10-11H2,1-3H3,(H,28,29,33). The molecule has 2 fully saturated rings. The molecule has 0 saturated heterocycles. The summed E-state index contributed by atoms with van der Waals surface area (Å²) in [5.41, 5.74) is 4.32. The predicted molar refractivity (Wildman–Crippen MR) is 129 cm³/mol. The van der Waals surface area contributed by atoms with E-state index in [1.54, 1.807) is 6.20 Å². The number of carbonyl (C=O) groups is 2. The first-order valence-electron chi connectivity index (χ1n) is 12.1. The lowest BCUT2D eigenvalue weighted by Crippen LogP contribution is -2.14. The van der Waals surface area contributed by atoms with E-state index in [1.807, 2.05) is 32.9 Å². The lowest BCUT2D eigenvalue weighted by Gasteiger charge is -2.12. The van der Waals surface area contributed by atoms with Gasteiger partial charge in [-0.25, -0.2) is 4.98 Å². The number of rotatable bonds is 8. The second kappa shape index (κ2) is 8.78. The lowest BCUT2D eigenvalue weighted by atomic mass is 9.94. The fourth-order valence-corrected chi connectivity index (χ4v) is 4.03. The number of nitrogens with zero attached hydrogens (tertiary/aromatic N) is 3. The van der Waals surface area contributed by atoms with Crippen molar-refractivity contribution in [2.75, 3.05) is 5.32 Å². The number of benzene rings is 1. The maximum absolute atomic E-state index is 12.7. The highest BCUT2D eigenvalue weighted by molar-refractivity contribution is 5.94. The SMILES string of the molecule is CC(C)(C)c1nc(C(=O)CCc2ccc(-c3ccnc(NC(=O)C4CC4)c3)cc2C2CC2)no1. The van der Waals surface area contributed by atoms with E-state index in [1.165, 1.54) is 24.0 Å². The molecule has 7 heteroatoms. The molecule has 0 radical (unpaired) electrons. The van der Waals surface area contributed by atoms with Gasteiger partial charge >= 0.3 is 0 Å². The van der Waals surface area contributed by atoms with Gasteiger partial charge in [-0.1, -0.05) is 44.1 Å². The van der Waals surface area contributed by atoms with Crippen LogP contribution in [-0.2, 0) is 16.6 Å². The summed E-state index contributed by atoms with van der Waals surface area (Å²) in [6, 6.07) is 10.3. The molecule has 2 aromatic heterocycles. The molecule has 176 valence electrons. The van der Waals surface area contributed by atoms with Gasteiger partial charge in [0.25, 0.3) is 0 Å². The fourth-order valence-electron chi connectivity index (χ4n) is 4.03. The van der Waals surface area contributed by atoms with Gasteiger partial charge in [-0.15, -0.1) is 0 Å². The first kappa shape index (κ1) is 22.4. The van der Waals surface area contributed by atoms with Crippen LogP contribution in [0, 0.1) is 5.92 Å². The first-order valence-corrected chi connectivity index (χ1v) is 12.1. The van der Waals surface area contributed by atoms with Crippen LogP contribution in [0.2, 0.25) is 0 Å². The average Bonchev–Trinajstić information content (AvgIpc) is 3.74. The zero-order valence-electron chi connectivity index (χ0n) is 19.9. The molecule has 0 atom stereocenters. The minimum absolute atomic E-state index is 0.0551. The number of pyridine rings is 1. The van der Waals surface area contributed by atoms with E-state index in [0.29, 0.717) is 30.5 Å². The van der Waals surface area contributed by atoms with Crippen LogP contribution in [0.4, 0.5) is 5.82 Å². The van der Waals surface area contributed by atoms with Gasteiger partial charge in [0.15, 0.2) is 0 Å². The molecule has 3 aromatic rings. The third kappa shape index (κ3) is 5.08. The van der Waals surface area contributed by atoms with Crippen molar-refractivity contribution in [1.29, 1.82) is 0 Å². The van der Waals surface area contributed by atoms with E-state index in [2.05, 4.69) is 38.6 Å². The molecule has 2 heterocycles. The maximum atomic E-state index is 12.7. The van der Waals surface area contributed by atoms with E-state index in [0.717, 1.165) is 24.0 Å². The van der Waals surface area contributed by atoms with E-state index >= 15 is 0 Å². The zero-order chi connectivity index (χ0) is 23.9. The van der Waals surface area contributed by atoms with Gasteiger partial charge in [0.1, 0.15) is 5.82 Å². The van der Waals surface area contributed by atoms with Crippen LogP contribution < -0.4 is 5.32 Å². The normalized spacial score (nSPS) is 15.9. The molecule has 1 amide bonds. The van der Waals surface area contributed by atoms with E-state index in [4.69, 9.17) is 4.52 Å².